The Bertz CT molecular complexity index is 930. The van der Waals surface area contributed by atoms with Gasteiger partial charge in [-0.15, -0.1) is 0 Å². The SMILES string of the molecule is Cc1ccc(NC(=O)N2CC(c3nc(-c4ccccc4)no3)C2)cc1C. The number of aromatic nitrogens is 2. The lowest BCUT2D eigenvalue weighted by atomic mass is 10.0. The number of aryl methyl sites for hydroxylation is 2. The minimum atomic E-state index is -0.104. The van der Waals surface area contributed by atoms with Crippen LogP contribution in [0.1, 0.15) is 22.9 Å². The van der Waals surface area contributed by atoms with Crippen molar-refractivity contribution in [3.05, 3.63) is 65.5 Å². The molecule has 2 heterocycles. The molecule has 1 aromatic heterocycles. The van der Waals surface area contributed by atoms with Crippen molar-refractivity contribution in [2.45, 2.75) is 19.8 Å². The van der Waals surface area contributed by atoms with Gasteiger partial charge in [0.15, 0.2) is 0 Å². The number of rotatable bonds is 3. The number of carbonyl (C=O) groups is 1. The van der Waals surface area contributed by atoms with Crippen LogP contribution in [0.4, 0.5) is 10.5 Å². The summed E-state index contributed by atoms with van der Waals surface area (Å²) in [5, 5.41) is 6.98. The van der Waals surface area contributed by atoms with Crippen LogP contribution in [-0.4, -0.2) is 34.2 Å². The molecular weight excluding hydrogens is 328 g/mol. The highest BCUT2D eigenvalue weighted by Gasteiger charge is 2.35. The maximum absolute atomic E-state index is 12.3. The van der Waals surface area contributed by atoms with E-state index >= 15 is 0 Å². The van der Waals surface area contributed by atoms with Gasteiger partial charge in [-0.25, -0.2) is 4.79 Å². The van der Waals surface area contributed by atoms with E-state index in [0.717, 1.165) is 16.8 Å². The van der Waals surface area contributed by atoms with E-state index in [1.54, 1.807) is 4.90 Å². The van der Waals surface area contributed by atoms with Crippen LogP contribution in [0, 0.1) is 13.8 Å². The van der Waals surface area contributed by atoms with Gasteiger partial charge in [0.25, 0.3) is 0 Å². The molecule has 6 nitrogen and oxygen atoms in total. The van der Waals surface area contributed by atoms with E-state index in [-0.39, 0.29) is 11.9 Å². The Balaban J connectivity index is 1.36. The second-order valence-electron chi connectivity index (χ2n) is 6.65. The number of likely N-dealkylation sites (tertiary alicyclic amines) is 1. The van der Waals surface area contributed by atoms with Crippen molar-refractivity contribution < 1.29 is 9.32 Å². The third-order valence-electron chi connectivity index (χ3n) is 4.75. The zero-order chi connectivity index (χ0) is 18.1. The van der Waals surface area contributed by atoms with Crippen molar-refractivity contribution in [1.82, 2.24) is 15.0 Å². The molecule has 1 saturated heterocycles. The highest BCUT2D eigenvalue weighted by atomic mass is 16.5. The van der Waals surface area contributed by atoms with E-state index in [2.05, 4.69) is 22.4 Å². The standard InChI is InChI=1S/C20H20N4O2/c1-13-8-9-17(10-14(13)2)21-20(25)24-11-16(12-24)19-22-18(23-26-19)15-6-4-3-5-7-15/h3-10,16H,11-12H2,1-2H3,(H,21,25). The van der Waals surface area contributed by atoms with Gasteiger partial charge in [-0.3, -0.25) is 0 Å². The molecule has 26 heavy (non-hydrogen) atoms. The van der Waals surface area contributed by atoms with Gasteiger partial charge in [0.05, 0.1) is 5.92 Å². The number of nitrogens with one attached hydrogen (secondary N) is 1. The molecule has 132 valence electrons. The van der Waals surface area contributed by atoms with Crippen molar-refractivity contribution >= 4 is 11.7 Å². The van der Waals surface area contributed by atoms with E-state index in [0.29, 0.717) is 24.8 Å². The van der Waals surface area contributed by atoms with Crippen LogP contribution in [0.15, 0.2) is 53.1 Å². The maximum Gasteiger partial charge on any atom is 0.321 e. The highest BCUT2D eigenvalue weighted by molar-refractivity contribution is 5.90. The first kappa shape index (κ1) is 16.3. The number of anilines is 1. The third kappa shape index (κ3) is 3.18. The van der Waals surface area contributed by atoms with Crippen molar-refractivity contribution in [2.24, 2.45) is 0 Å². The van der Waals surface area contributed by atoms with Crippen LogP contribution >= 0.6 is 0 Å². The van der Waals surface area contributed by atoms with Gasteiger partial charge in [0.1, 0.15) is 0 Å². The zero-order valence-electron chi connectivity index (χ0n) is 14.8. The molecule has 6 heteroatoms. The Hall–Kier alpha value is -3.15. The summed E-state index contributed by atoms with van der Waals surface area (Å²) in [6.07, 6.45) is 0. The van der Waals surface area contributed by atoms with Crippen molar-refractivity contribution in [1.29, 1.82) is 0 Å². The molecule has 1 aliphatic heterocycles. The lowest BCUT2D eigenvalue weighted by Gasteiger charge is -2.36. The topological polar surface area (TPSA) is 71.3 Å². The minimum Gasteiger partial charge on any atom is -0.339 e. The molecule has 2 aromatic carbocycles. The van der Waals surface area contributed by atoms with Crippen LogP contribution in [0.3, 0.4) is 0 Å². The van der Waals surface area contributed by atoms with Gasteiger partial charge in [0, 0.05) is 24.3 Å². The smallest absolute Gasteiger partial charge is 0.321 e. The summed E-state index contributed by atoms with van der Waals surface area (Å²) in [6, 6.07) is 15.5. The second kappa shape index (κ2) is 6.63. The number of hydrogen-bond acceptors (Lipinski definition) is 4. The maximum atomic E-state index is 12.3. The van der Waals surface area contributed by atoms with E-state index in [1.165, 1.54) is 5.56 Å². The molecule has 0 spiro atoms. The Morgan fingerprint density at radius 2 is 1.88 bits per heavy atom. The fraction of sp³-hybridized carbons (Fsp3) is 0.250. The predicted molar refractivity (Wildman–Crippen MR) is 99.0 cm³/mol. The lowest BCUT2D eigenvalue weighted by Crippen LogP contribution is -2.50. The Morgan fingerprint density at radius 3 is 2.62 bits per heavy atom. The Labute approximate surface area is 151 Å². The van der Waals surface area contributed by atoms with Crippen molar-refractivity contribution in [2.75, 3.05) is 18.4 Å². The van der Waals surface area contributed by atoms with Crippen LogP contribution in [0.25, 0.3) is 11.4 Å². The highest BCUT2D eigenvalue weighted by Crippen LogP contribution is 2.28. The molecule has 0 unspecified atom stereocenters. The predicted octanol–water partition coefficient (Wildman–Crippen LogP) is 3.98. The first-order chi connectivity index (χ1) is 12.6. The van der Waals surface area contributed by atoms with E-state index < -0.39 is 0 Å². The molecule has 1 N–H and O–H groups in total. The molecule has 1 aliphatic rings. The number of benzene rings is 2. The summed E-state index contributed by atoms with van der Waals surface area (Å²) in [5.41, 5.74) is 4.10. The van der Waals surface area contributed by atoms with E-state index in [4.69, 9.17) is 4.52 Å². The molecule has 0 bridgehead atoms. The Morgan fingerprint density at radius 1 is 1.12 bits per heavy atom. The van der Waals surface area contributed by atoms with Gasteiger partial charge in [-0.05, 0) is 37.1 Å². The molecule has 1 fully saturated rings. The summed E-state index contributed by atoms with van der Waals surface area (Å²) in [4.78, 5) is 18.6. The molecule has 4 rings (SSSR count). The van der Waals surface area contributed by atoms with Gasteiger partial charge in [-0.2, -0.15) is 4.98 Å². The number of urea groups is 1. The fourth-order valence-corrected chi connectivity index (χ4v) is 2.93. The van der Waals surface area contributed by atoms with Crippen molar-refractivity contribution in [3.63, 3.8) is 0 Å². The van der Waals surface area contributed by atoms with Gasteiger partial charge < -0.3 is 14.7 Å². The summed E-state index contributed by atoms with van der Waals surface area (Å²) in [5.74, 6) is 1.25. The molecule has 0 saturated carbocycles. The van der Waals surface area contributed by atoms with Crippen LogP contribution < -0.4 is 5.32 Å². The first-order valence-electron chi connectivity index (χ1n) is 8.62. The summed E-state index contributed by atoms with van der Waals surface area (Å²) in [6.45, 7) is 5.24. The lowest BCUT2D eigenvalue weighted by molar-refractivity contribution is 0.147. The zero-order valence-corrected chi connectivity index (χ0v) is 14.8. The van der Waals surface area contributed by atoms with Crippen LogP contribution in [0.5, 0.6) is 0 Å². The van der Waals surface area contributed by atoms with Gasteiger partial charge in [0.2, 0.25) is 11.7 Å². The number of carbonyl (C=O) groups excluding carboxylic acids is 1. The third-order valence-corrected chi connectivity index (χ3v) is 4.75. The van der Waals surface area contributed by atoms with Gasteiger partial charge in [-0.1, -0.05) is 41.6 Å². The largest absolute Gasteiger partial charge is 0.339 e. The van der Waals surface area contributed by atoms with E-state index in [1.807, 2.05) is 55.5 Å². The van der Waals surface area contributed by atoms with Crippen LogP contribution in [-0.2, 0) is 0 Å². The normalized spacial score (nSPS) is 14.2. The molecule has 0 atom stereocenters. The number of nitrogens with zero attached hydrogens (tertiary/aromatic N) is 3. The number of hydrogen-bond donors (Lipinski definition) is 1. The van der Waals surface area contributed by atoms with Gasteiger partial charge >= 0.3 is 6.03 Å². The average Bonchev–Trinajstić information content (AvgIpc) is 3.07. The minimum absolute atomic E-state index is 0.0884. The molecule has 3 aromatic rings. The second-order valence-corrected chi connectivity index (χ2v) is 6.65. The monoisotopic (exact) mass is 348 g/mol. The summed E-state index contributed by atoms with van der Waals surface area (Å²) >= 11 is 0. The average molecular weight is 348 g/mol. The summed E-state index contributed by atoms with van der Waals surface area (Å²) in [7, 11) is 0. The number of amides is 2. The first-order valence-corrected chi connectivity index (χ1v) is 8.62. The van der Waals surface area contributed by atoms with E-state index in [9.17, 15) is 4.79 Å². The fourth-order valence-electron chi connectivity index (χ4n) is 2.93. The van der Waals surface area contributed by atoms with Crippen LogP contribution in [0.2, 0.25) is 0 Å². The molecule has 2 amide bonds. The summed E-state index contributed by atoms with van der Waals surface area (Å²) < 4.78 is 5.38. The molecule has 0 aliphatic carbocycles. The van der Waals surface area contributed by atoms with Crippen molar-refractivity contribution in [3.8, 4) is 11.4 Å². The molecular formula is C20H20N4O2. The molecule has 0 radical (unpaired) electrons. The quantitative estimate of drug-likeness (QED) is 0.777. The Kier molecular flexibility index (Phi) is 4.16.